The molecule has 0 aromatic carbocycles. The van der Waals surface area contributed by atoms with Gasteiger partial charge in [-0.1, -0.05) is 6.42 Å². The molecule has 2 aliphatic rings. The predicted molar refractivity (Wildman–Crippen MR) is 46.9 cm³/mol. The van der Waals surface area contributed by atoms with E-state index >= 15 is 0 Å². The Morgan fingerprint density at radius 1 is 1.33 bits per heavy atom. The summed E-state index contributed by atoms with van der Waals surface area (Å²) < 4.78 is 0. The molecule has 12 heavy (non-hydrogen) atoms. The number of carbonyl (C=O) groups is 1. The van der Waals surface area contributed by atoms with Gasteiger partial charge in [-0.05, 0) is 25.2 Å². The summed E-state index contributed by atoms with van der Waals surface area (Å²) in [6.07, 6.45) is 5.14. The van der Waals surface area contributed by atoms with E-state index in [1.54, 1.807) is 0 Å². The van der Waals surface area contributed by atoms with E-state index in [0.717, 1.165) is 25.6 Å². The van der Waals surface area contributed by atoms with Crippen LogP contribution in [0.2, 0.25) is 0 Å². The summed E-state index contributed by atoms with van der Waals surface area (Å²) in [5.74, 6) is 0.773. The highest BCUT2D eigenvalue weighted by molar-refractivity contribution is 5.74. The second-order valence-corrected chi connectivity index (χ2v) is 3.82. The second-order valence-electron chi connectivity index (χ2n) is 3.82. The van der Waals surface area contributed by atoms with Gasteiger partial charge in [-0.2, -0.15) is 0 Å². The first-order valence-electron chi connectivity index (χ1n) is 4.89. The summed E-state index contributed by atoms with van der Waals surface area (Å²) in [6.45, 7) is 2.81. The van der Waals surface area contributed by atoms with E-state index in [0.29, 0.717) is 0 Å². The summed E-state index contributed by atoms with van der Waals surface area (Å²) in [4.78, 5) is 13.2. The zero-order valence-corrected chi connectivity index (χ0v) is 7.38. The Morgan fingerprint density at radius 2 is 2.08 bits per heavy atom. The lowest BCUT2D eigenvalue weighted by molar-refractivity contribution is 0.163. The van der Waals surface area contributed by atoms with Crippen molar-refractivity contribution in [3.05, 3.63) is 0 Å². The summed E-state index contributed by atoms with van der Waals surface area (Å²) in [7, 11) is 0. The Hall–Kier alpha value is -0.730. The fourth-order valence-corrected chi connectivity index (χ4v) is 1.56. The minimum atomic E-state index is 0.146. The maximum atomic E-state index is 11.3. The molecule has 2 fully saturated rings. The minimum absolute atomic E-state index is 0.146. The van der Waals surface area contributed by atoms with Crippen molar-refractivity contribution in [2.45, 2.75) is 25.7 Å². The molecule has 1 aliphatic heterocycles. The zero-order valence-electron chi connectivity index (χ0n) is 7.38. The van der Waals surface area contributed by atoms with E-state index in [2.05, 4.69) is 5.32 Å². The molecule has 1 saturated carbocycles. The molecule has 3 heteroatoms. The third kappa shape index (κ3) is 1.54. The van der Waals surface area contributed by atoms with Gasteiger partial charge in [0.1, 0.15) is 0 Å². The van der Waals surface area contributed by atoms with Crippen LogP contribution in [-0.2, 0) is 0 Å². The number of amides is 2. The van der Waals surface area contributed by atoms with Gasteiger partial charge >= 0.3 is 6.03 Å². The van der Waals surface area contributed by atoms with E-state index in [1.807, 2.05) is 4.90 Å². The van der Waals surface area contributed by atoms with Crippen LogP contribution in [0.5, 0.6) is 0 Å². The Kier molecular flexibility index (Phi) is 2.19. The average Bonchev–Trinajstić information content (AvgIpc) is 1.79. The first-order valence-corrected chi connectivity index (χ1v) is 4.89. The number of likely N-dealkylation sites (tertiary alicyclic amines) is 1. The summed E-state index contributed by atoms with van der Waals surface area (Å²) in [6, 6.07) is 0.146. The van der Waals surface area contributed by atoms with Crippen molar-refractivity contribution in [2.75, 3.05) is 19.6 Å². The van der Waals surface area contributed by atoms with Crippen molar-refractivity contribution < 1.29 is 4.79 Å². The Balaban J connectivity index is 1.61. The van der Waals surface area contributed by atoms with Gasteiger partial charge in [0.2, 0.25) is 0 Å². The first-order chi connectivity index (χ1) is 5.86. The molecular weight excluding hydrogens is 152 g/mol. The van der Waals surface area contributed by atoms with E-state index in [9.17, 15) is 4.79 Å². The molecule has 3 nitrogen and oxygen atoms in total. The van der Waals surface area contributed by atoms with Crippen molar-refractivity contribution in [1.82, 2.24) is 10.2 Å². The van der Waals surface area contributed by atoms with Crippen LogP contribution in [0.25, 0.3) is 0 Å². The maximum absolute atomic E-state index is 11.3. The van der Waals surface area contributed by atoms with Crippen molar-refractivity contribution in [3.63, 3.8) is 0 Å². The van der Waals surface area contributed by atoms with Gasteiger partial charge in [0.25, 0.3) is 0 Å². The molecule has 68 valence electrons. The smallest absolute Gasteiger partial charge is 0.317 e. The molecule has 0 unspecified atom stereocenters. The molecule has 0 aromatic heterocycles. The molecule has 2 rings (SSSR count). The molecule has 1 saturated heterocycles. The number of nitrogens with zero attached hydrogens (tertiary/aromatic N) is 1. The molecular formula is C9H16N2O. The highest BCUT2D eigenvalue weighted by Crippen LogP contribution is 2.25. The lowest BCUT2D eigenvalue weighted by Gasteiger charge is -2.32. The highest BCUT2D eigenvalue weighted by atomic mass is 16.2. The lowest BCUT2D eigenvalue weighted by Crippen LogP contribution is -2.49. The fraction of sp³-hybridized carbons (Fsp3) is 0.889. The van der Waals surface area contributed by atoms with Crippen LogP contribution in [0.4, 0.5) is 4.79 Å². The molecule has 0 radical (unpaired) electrons. The Labute approximate surface area is 73.1 Å². The fourth-order valence-electron chi connectivity index (χ4n) is 1.56. The molecule has 2 amide bonds. The minimum Gasteiger partial charge on any atom is -0.338 e. The first kappa shape index (κ1) is 7.90. The average molecular weight is 168 g/mol. The molecule has 1 aliphatic carbocycles. The molecule has 0 atom stereocenters. The van der Waals surface area contributed by atoms with Gasteiger partial charge in [0.15, 0.2) is 0 Å². The standard InChI is InChI=1S/C9H16N2O/c12-9(11-5-2-6-11)10-7-8-3-1-4-8/h8H,1-7H2,(H,10,12). The summed E-state index contributed by atoms with van der Waals surface area (Å²) in [5.41, 5.74) is 0. The second kappa shape index (κ2) is 3.33. The van der Waals surface area contributed by atoms with E-state index in [4.69, 9.17) is 0 Å². The third-order valence-corrected chi connectivity index (χ3v) is 2.91. The van der Waals surface area contributed by atoms with Gasteiger partial charge in [0, 0.05) is 19.6 Å². The quantitative estimate of drug-likeness (QED) is 0.660. The molecule has 1 heterocycles. The van der Waals surface area contributed by atoms with Crippen LogP contribution in [0.1, 0.15) is 25.7 Å². The van der Waals surface area contributed by atoms with Gasteiger partial charge in [-0.3, -0.25) is 0 Å². The monoisotopic (exact) mass is 168 g/mol. The lowest BCUT2D eigenvalue weighted by atomic mass is 9.85. The Morgan fingerprint density at radius 3 is 2.50 bits per heavy atom. The zero-order chi connectivity index (χ0) is 8.39. The number of hydrogen-bond donors (Lipinski definition) is 1. The molecule has 0 spiro atoms. The van der Waals surface area contributed by atoms with Crippen LogP contribution >= 0.6 is 0 Å². The predicted octanol–water partition coefficient (Wildman–Crippen LogP) is 1.20. The molecule has 1 N–H and O–H groups in total. The van der Waals surface area contributed by atoms with Crippen molar-refractivity contribution in [3.8, 4) is 0 Å². The highest BCUT2D eigenvalue weighted by Gasteiger charge is 2.22. The van der Waals surface area contributed by atoms with Gasteiger partial charge < -0.3 is 10.2 Å². The summed E-state index contributed by atoms with van der Waals surface area (Å²) >= 11 is 0. The topological polar surface area (TPSA) is 32.3 Å². The van der Waals surface area contributed by atoms with Crippen molar-refractivity contribution in [2.24, 2.45) is 5.92 Å². The number of rotatable bonds is 2. The van der Waals surface area contributed by atoms with Crippen LogP contribution in [0.3, 0.4) is 0 Å². The number of nitrogens with one attached hydrogen (secondary N) is 1. The van der Waals surface area contributed by atoms with Crippen LogP contribution in [0.15, 0.2) is 0 Å². The third-order valence-electron chi connectivity index (χ3n) is 2.91. The SMILES string of the molecule is O=C(NCC1CCC1)N1CCC1. The maximum Gasteiger partial charge on any atom is 0.317 e. The largest absolute Gasteiger partial charge is 0.338 e. The summed E-state index contributed by atoms with van der Waals surface area (Å²) in [5, 5.41) is 2.97. The number of carbonyl (C=O) groups excluding carboxylic acids is 1. The van der Waals surface area contributed by atoms with Crippen LogP contribution < -0.4 is 5.32 Å². The van der Waals surface area contributed by atoms with Crippen LogP contribution in [0, 0.1) is 5.92 Å². The van der Waals surface area contributed by atoms with Crippen molar-refractivity contribution >= 4 is 6.03 Å². The van der Waals surface area contributed by atoms with Gasteiger partial charge in [-0.15, -0.1) is 0 Å². The van der Waals surface area contributed by atoms with E-state index < -0.39 is 0 Å². The number of hydrogen-bond acceptors (Lipinski definition) is 1. The van der Waals surface area contributed by atoms with E-state index in [-0.39, 0.29) is 6.03 Å². The van der Waals surface area contributed by atoms with Crippen LogP contribution in [-0.4, -0.2) is 30.6 Å². The molecule has 0 bridgehead atoms. The van der Waals surface area contributed by atoms with Gasteiger partial charge in [-0.25, -0.2) is 4.79 Å². The molecule has 0 aromatic rings. The Bertz CT molecular complexity index is 173. The van der Waals surface area contributed by atoms with E-state index in [1.165, 1.54) is 25.7 Å². The van der Waals surface area contributed by atoms with Gasteiger partial charge in [0.05, 0.1) is 0 Å². The van der Waals surface area contributed by atoms with Crippen molar-refractivity contribution in [1.29, 1.82) is 0 Å². The normalized spacial score (nSPS) is 22.8. The number of urea groups is 1.